The van der Waals surface area contributed by atoms with Gasteiger partial charge in [-0.2, -0.15) is 0 Å². The quantitative estimate of drug-likeness (QED) is 0.605. The summed E-state index contributed by atoms with van der Waals surface area (Å²) in [7, 11) is 0. The van der Waals surface area contributed by atoms with Gasteiger partial charge in [0, 0.05) is 11.9 Å². The fraction of sp³-hybridized carbons (Fsp3) is 0.444. The summed E-state index contributed by atoms with van der Waals surface area (Å²) in [5.41, 5.74) is 1.06. The Morgan fingerprint density at radius 1 is 1.27 bits per heavy atom. The summed E-state index contributed by atoms with van der Waals surface area (Å²) >= 11 is 0. The van der Waals surface area contributed by atoms with Crippen molar-refractivity contribution in [3.05, 3.63) is 30.1 Å². The standard InChI is InChI=1S/C9H12FN/c10-7-3-1-5-9-6-2-4-8-11-9/h2,4,6,8H,1,3,5,7H2. The van der Waals surface area contributed by atoms with Crippen LogP contribution in [0.3, 0.4) is 0 Å². The van der Waals surface area contributed by atoms with Crippen molar-refractivity contribution in [1.29, 1.82) is 0 Å². The van der Waals surface area contributed by atoms with E-state index in [1.165, 1.54) is 0 Å². The molecular weight excluding hydrogens is 141 g/mol. The average Bonchev–Trinajstić information content (AvgIpc) is 2.07. The van der Waals surface area contributed by atoms with Crippen molar-refractivity contribution in [3.8, 4) is 0 Å². The normalized spacial score (nSPS) is 9.91. The monoisotopic (exact) mass is 153 g/mol. The van der Waals surface area contributed by atoms with Crippen LogP contribution < -0.4 is 0 Å². The Morgan fingerprint density at radius 3 is 2.82 bits per heavy atom. The lowest BCUT2D eigenvalue weighted by Gasteiger charge is -1.96. The molecule has 1 nitrogen and oxygen atoms in total. The summed E-state index contributed by atoms with van der Waals surface area (Å²) in [5, 5.41) is 0. The molecule has 0 fully saturated rings. The summed E-state index contributed by atoms with van der Waals surface area (Å²) in [6.07, 6.45) is 4.21. The van der Waals surface area contributed by atoms with E-state index in [9.17, 15) is 4.39 Å². The number of hydrogen-bond acceptors (Lipinski definition) is 1. The van der Waals surface area contributed by atoms with Crippen LogP contribution in [0.25, 0.3) is 0 Å². The zero-order valence-corrected chi connectivity index (χ0v) is 6.46. The van der Waals surface area contributed by atoms with E-state index < -0.39 is 0 Å². The minimum absolute atomic E-state index is 0.215. The molecule has 2 heteroatoms. The van der Waals surface area contributed by atoms with E-state index >= 15 is 0 Å². The van der Waals surface area contributed by atoms with Crippen molar-refractivity contribution in [2.45, 2.75) is 19.3 Å². The number of nitrogens with zero attached hydrogens (tertiary/aromatic N) is 1. The molecular formula is C9H12FN. The molecule has 1 rings (SSSR count). The molecule has 0 amide bonds. The number of aromatic nitrogens is 1. The van der Waals surface area contributed by atoms with Gasteiger partial charge in [0.05, 0.1) is 6.67 Å². The minimum Gasteiger partial charge on any atom is -0.261 e. The van der Waals surface area contributed by atoms with Crippen LogP contribution in [-0.4, -0.2) is 11.7 Å². The minimum atomic E-state index is -0.215. The Bertz CT molecular complexity index is 186. The third-order valence-corrected chi connectivity index (χ3v) is 1.54. The molecule has 0 spiro atoms. The molecule has 1 heterocycles. The predicted octanol–water partition coefficient (Wildman–Crippen LogP) is 2.37. The number of unbranched alkanes of at least 4 members (excludes halogenated alkanes) is 1. The van der Waals surface area contributed by atoms with Crippen LogP contribution in [0.5, 0.6) is 0 Å². The summed E-state index contributed by atoms with van der Waals surface area (Å²) in [6, 6.07) is 5.81. The smallest absolute Gasteiger partial charge is 0.0894 e. The first-order valence-electron chi connectivity index (χ1n) is 3.89. The van der Waals surface area contributed by atoms with Crippen LogP contribution >= 0.6 is 0 Å². The highest BCUT2D eigenvalue weighted by molar-refractivity contribution is 5.03. The molecule has 0 N–H and O–H groups in total. The second-order valence-corrected chi connectivity index (χ2v) is 2.47. The molecule has 0 aliphatic heterocycles. The molecule has 0 radical (unpaired) electrons. The van der Waals surface area contributed by atoms with Gasteiger partial charge in [-0.05, 0) is 31.4 Å². The third kappa shape index (κ3) is 3.12. The van der Waals surface area contributed by atoms with E-state index in [1.54, 1.807) is 6.20 Å². The molecule has 1 aromatic heterocycles. The maximum Gasteiger partial charge on any atom is 0.0894 e. The van der Waals surface area contributed by atoms with Gasteiger partial charge in [0.25, 0.3) is 0 Å². The van der Waals surface area contributed by atoms with Gasteiger partial charge in [-0.25, -0.2) is 0 Å². The second-order valence-electron chi connectivity index (χ2n) is 2.47. The lowest BCUT2D eigenvalue weighted by Crippen LogP contribution is -1.89. The maximum atomic E-state index is 11.7. The van der Waals surface area contributed by atoms with Crippen LogP contribution in [-0.2, 0) is 6.42 Å². The second kappa shape index (κ2) is 4.83. The van der Waals surface area contributed by atoms with Gasteiger partial charge in [-0.3, -0.25) is 9.37 Å². The van der Waals surface area contributed by atoms with Crippen molar-refractivity contribution in [2.24, 2.45) is 0 Å². The molecule has 0 aromatic carbocycles. The molecule has 0 aliphatic rings. The predicted molar refractivity (Wildman–Crippen MR) is 43.2 cm³/mol. The first-order chi connectivity index (χ1) is 5.43. The summed E-state index contributed by atoms with van der Waals surface area (Å²) in [6.45, 7) is -0.215. The molecule has 0 unspecified atom stereocenters. The molecule has 0 bridgehead atoms. The first kappa shape index (κ1) is 8.18. The van der Waals surface area contributed by atoms with Gasteiger partial charge in [0.15, 0.2) is 0 Å². The van der Waals surface area contributed by atoms with Gasteiger partial charge < -0.3 is 0 Å². The largest absolute Gasteiger partial charge is 0.261 e. The third-order valence-electron chi connectivity index (χ3n) is 1.54. The van der Waals surface area contributed by atoms with Crippen molar-refractivity contribution < 1.29 is 4.39 Å². The summed E-state index contributed by atoms with van der Waals surface area (Å²) in [5.74, 6) is 0. The molecule has 1 aromatic rings. The lowest BCUT2D eigenvalue weighted by molar-refractivity contribution is 0.461. The number of aryl methyl sites for hydroxylation is 1. The van der Waals surface area contributed by atoms with Gasteiger partial charge >= 0.3 is 0 Å². The van der Waals surface area contributed by atoms with Gasteiger partial charge in [0.2, 0.25) is 0 Å². The molecule has 0 saturated carbocycles. The van der Waals surface area contributed by atoms with Crippen molar-refractivity contribution in [3.63, 3.8) is 0 Å². The average molecular weight is 153 g/mol. The van der Waals surface area contributed by atoms with Crippen LogP contribution in [0, 0.1) is 0 Å². The van der Waals surface area contributed by atoms with Gasteiger partial charge in [-0.1, -0.05) is 6.07 Å². The number of rotatable bonds is 4. The summed E-state index contributed by atoms with van der Waals surface area (Å²) < 4.78 is 11.7. The van der Waals surface area contributed by atoms with Crippen LogP contribution in [0.1, 0.15) is 18.5 Å². The van der Waals surface area contributed by atoms with Crippen LogP contribution in [0.15, 0.2) is 24.4 Å². The highest BCUT2D eigenvalue weighted by Gasteiger charge is 1.91. The SMILES string of the molecule is FCCCCc1ccccn1. The topological polar surface area (TPSA) is 12.9 Å². The van der Waals surface area contributed by atoms with Gasteiger partial charge in [-0.15, -0.1) is 0 Å². The fourth-order valence-corrected chi connectivity index (χ4v) is 0.947. The van der Waals surface area contributed by atoms with Crippen molar-refractivity contribution >= 4 is 0 Å². The highest BCUT2D eigenvalue weighted by atomic mass is 19.1. The maximum absolute atomic E-state index is 11.7. The van der Waals surface area contributed by atoms with Crippen LogP contribution in [0.2, 0.25) is 0 Å². The zero-order chi connectivity index (χ0) is 7.94. The van der Waals surface area contributed by atoms with E-state index in [0.717, 1.165) is 18.5 Å². The Hall–Kier alpha value is -0.920. The Kier molecular flexibility index (Phi) is 3.59. The molecule has 0 saturated heterocycles. The van der Waals surface area contributed by atoms with E-state index in [1.807, 2.05) is 18.2 Å². The van der Waals surface area contributed by atoms with Crippen LogP contribution in [0.4, 0.5) is 4.39 Å². The van der Waals surface area contributed by atoms with E-state index in [2.05, 4.69) is 4.98 Å². The number of alkyl halides is 1. The van der Waals surface area contributed by atoms with Gasteiger partial charge in [0.1, 0.15) is 0 Å². The Balaban J connectivity index is 2.28. The number of pyridine rings is 1. The van der Waals surface area contributed by atoms with E-state index in [4.69, 9.17) is 0 Å². The van der Waals surface area contributed by atoms with Crippen molar-refractivity contribution in [2.75, 3.05) is 6.67 Å². The highest BCUT2D eigenvalue weighted by Crippen LogP contribution is 2.00. The Morgan fingerprint density at radius 2 is 2.18 bits per heavy atom. The molecule has 60 valence electrons. The first-order valence-corrected chi connectivity index (χ1v) is 3.89. The van der Waals surface area contributed by atoms with E-state index in [0.29, 0.717) is 6.42 Å². The Labute approximate surface area is 66.3 Å². The summed E-state index contributed by atoms with van der Waals surface area (Å²) in [4.78, 5) is 4.13. The number of hydrogen-bond donors (Lipinski definition) is 0. The fourth-order valence-electron chi connectivity index (χ4n) is 0.947. The molecule has 0 atom stereocenters. The molecule has 0 aliphatic carbocycles. The number of halogens is 1. The van der Waals surface area contributed by atoms with Crippen molar-refractivity contribution in [1.82, 2.24) is 4.98 Å². The zero-order valence-electron chi connectivity index (χ0n) is 6.46. The lowest BCUT2D eigenvalue weighted by atomic mass is 10.2. The molecule has 11 heavy (non-hydrogen) atoms. The van der Waals surface area contributed by atoms with E-state index in [-0.39, 0.29) is 6.67 Å².